The molecule has 0 spiro atoms. The number of benzene rings is 2. The Morgan fingerprint density at radius 2 is 1.92 bits per heavy atom. The van der Waals surface area contributed by atoms with Gasteiger partial charge in [0, 0.05) is 23.0 Å². The van der Waals surface area contributed by atoms with Crippen LogP contribution in [0.3, 0.4) is 0 Å². The van der Waals surface area contributed by atoms with Crippen LogP contribution < -0.4 is 10.6 Å². The molecule has 124 valence electrons. The van der Waals surface area contributed by atoms with Gasteiger partial charge in [-0.25, -0.2) is 0 Å². The third-order valence-electron chi connectivity index (χ3n) is 4.16. The molecule has 5 nitrogen and oxygen atoms in total. The first kappa shape index (κ1) is 15.7. The number of carbonyl (C=O) groups excluding carboxylic acids is 1. The van der Waals surface area contributed by atoms with Crippen LogP contribution >= 0.6 is 15.9 Å². The van der Waals surface area contributed by atoms with Crippen molar-refractivity contribution in [1.29, 1.82) is 0 Å². The Bertz CT molecular complexity index is 992. The maximum Gasteiger partial charge on any atom is 0.257 e. The highest BCUT2D eigenvalue weighted by Gasteiger charge is 2.25. The molecule has 0 radical (unpaired) electrons. The van der Waals surface area contributed by atoms with Gasteiger partial charge in [-0.1, -0.05) is 42.5 Å². The minimum Gasteiger partial charge on any atom is -0.343 e. The number of fused-ring (bicyclic) bond motifs is 1. The first-order valence-electron chi connectivity index (χ1n) is 7.82. The Morgan fingerprint density at radius 3 is 2.72 bits per heavy atom. The molecule has 1 aliphatic heterocycles. The van der Waals surface area contributed by atoms with Crippen LogP contribution in [-0.2, 0) is 4.79 Å². The second-order valence-corrected chi connectivity index (χ2v) is 6.57. The van der Waals surface area contributed by atoms with Crippen LogP contribution in [0.4, 0.5) is 11.5 Å². The van der Waals surface area contributed by atoms with Gasteiger partial charge in [0.05, 0.1) is 15.7 Å². The van der Waals surface area contributed by atoms with E-state index in [0.717, 1.165) is 32.5 Å². The third-order valence-corrected chi connectivity index (χ3v) is 4.93. The summed E-state index contributed by atoms with van der Waals surface area (Å²) in [7, 11) is 0. The first-order valence-corrected chi connectivity index (χ1v) is 8.62. The molecule has 6 heteroatoms. The minimum absolute atomic E-state index is 0.119. The van der Waals surface area contributed by atoms with E-state index in [4.69, 9.17) is 0 Å². The number of hydrogen-bond acceptors (Lipinski definition) is 3. The van der Waals surface area contributed by atoms with Gasteiger partial charge in [0.2, 0.25) is 0 Å². The molecule has 0 unspecified atom stereocenters. The molecule has 1 amide bonds. The Morgan fingerprint density at radius 1 is 1.12 bits per heavy atom. The lowest BCUT2D eigenvalue weighted by atomic mass is 10.0. The van der Waals surface area contributed by atoms with E-state index in [2.05, 4.69) is 36.8 Å². The normalized spacial score (nSPS) is 14.5. The largest absolute Gasteiger partial charge is 0.343 e. The summed E-state index contributed by atoms with van der Waals surface area (Å²) >= 11 is 3.57. The Hall–Kier alpha value is -2.86. The van der Waals surface area contributed by atoms with Crippen molar-refractivity contribution in [3.63, 3.8) is 0 Å². The molecule has 1 aliphatic rings. The van der Waals surface area contributed by atoms with Crippen LogP contribution in [0.5, 0.6) is 0 Å². The van der Waals surface area contributed by atoms with Crippen molar-refractivity contribution in [3.8, 4) is 11.3 Å². The number of hydrogen-bond donors (Lipinski definition) is 3. The van der Waals surface area contributed by atoms with Crippen molar-refractivity contribution in [2.24, 2.45) is 0 Å². The third kappa shape index (κ3) is 2.74. The number of nitrogens with zero attached hydrogens (tertiary/aromatic N) is 1. The maximum atomic E-state index is 12.3. The Balaban J connectivity index is 1.66. The van der Waals surface area contributed by atoms with Gasteiger partial charge < -0.3 is 10.6 Å². The van der Waals surface area contributed by atoms with Crippen molar-refractivity contribution < 1.29 is 4.79 Å². The van der Waals surface area contributed by atoms with E-state index in [1.807, 2.05) is 55.5 Å². The fourth-order valence-corrected chi connectivity index (χ4v) is 3.45. The molecule has 0 saturated heterocycles. The topological polar surface area (TPSA) is 69.8 Å². The number of aryl methyl sites for hydroxylation is 1. The van der Waals surface area contributed by atoms with E-state index in [1.54, 1.807) is 6.20 Å². The quantitative estimate of drug-likeness (QED) is 0.570. The highest BCUT2D eigenvalue weighted by atomic mass is 79.9. The fourth-order valence-electron chi connectivity index (χ4n) is 2.93. The number of aromatic nitrogens is 2. The molecule has 0 saturated carbocycles. The van der Waals surface area contributed by atoms with Gasteiger partial charge in [-0.15, -0.1) is 0 Å². The molecule has 25 heavy (non-hydrogen) atoms. The van der Waals surface area contributed by atoms with Gasteiger partial charge in [0.25, 0.3) is 5.91 Å². The number of H-pyrrole nitrogens is 1. The lowest BCUT2D eigenvalue weighted by molar-refractivity contribution is -0.110. The second-order valence-electron chi connectivity index (χ2n) is 5.78. The molecule has 3 N–H and O–H groups in total. The summed E-state index contributed by atoms with van der Waals surface area (Å²) in [4.78, 5) is 12.3. The predicted molar refractivity (Wildman–Crippen MR) is 103 cm³/mol. The maximum absolute atomic E-state index is 12.3. The highest BCUT2D eigenvalue weighted by molar-refractivity contribution is 9.10. The standard InChI is InChI=1S/C19H15BrN4O/c1-11-6-5-9-14-15(11)13(19(25)22-14)10-21-18-16(20)17(23-24-18)12-7-3-2-4-8-12/h2-10H,1H3,(H,22,25)(H2,21,23,24)/b13-10+. The lowest BCUT2D eigenvalue weighted by Crippen LogP contribution is -2.05. The molecule has 3 aromatic rings. The zero-order valence-electron chi connectivity index (χ0n) is 13.4. The van der Waals surface area contributed by atoms with E-state index >= 15 is 0 Å². The smallest absolute Gasteiger partial charge is 0.257 e. The van der Waals surface area contributed by atoms with Gasteiger partial charge in [0.15, 0.2) is 5.82 Å². The molecule has 0 fully saturated rings. The number of anilines is 2. The average molecular weight is 395 g/mol. The van der Waals surface area contributed by atoms with Crippen molar-refractivity contribution in [3.05, 3.63) is 70.3 Å². The summed E-state index contributed by atoms with van der Waals surface area (Å²) in [5, 5.41) is 13.3. The van der Waals surface area contributed by atoms with E-state index in [-0.39, 0.29) is 5.91 Å². The lowest BCUT2D eigenvalue weighted by Gasteiger charge is -2.03. The van der Waals surface area contributed by atoms with E-state index in [0.29, 0.717) is 11.4 Å². The first-order chi connectivity index (χ1) is 12.1. The number of carbonyl (C=O) groups is 1. The van der Waals surface area contributed by atoms with Crippen LogP contribution in [0.2, 0.25) is 0 Å². The average Bonchev–Trinajstić information content (AvgIpc) is 3.14. The van der Waals surface area contributed by atoms with Crippen LogP contribution in [-0.4, -0.2) is 16.1 Å². The van der Waals surface area contributed by atoms with Crippen LogP contribution in [0, 0.1) is 6.92 Å². The van der Waals surface area contributed by atoms with Crippen molar-refractivity contribution in [2.75, 3.05) is 10.6 Å². The summed E-state index contributed by atoms with van der Waals surface area (Å²) in [5.41, 5.74) is 5.33. The van der Waals surface area contributed by atoms with Crippen LogP contribution in [0.25, 0.3) is 16.8 Å². The van der Waals surface area contributed by atoms with Gasteiger partial charge in [0.1, 0.15) is 0 Å². The predicted octanol–water partition coefficient (Wildman–Crippen LogP) is 4.55. The van der Waals surface area contributed by atoms with Gasteiger partial charge in [-0.3, -0.25) is 9.89 Å². The number of nitrogens with one attached hydrogen (secondary N) is 3. The summed E-state index contributed by atoms with van der Waals surface area (Å²) in [6.45, 7) is 1.99. The molecule has 2 aromatic carbocycles. The van der Waals surface area contributed by atoms with Crippen molar-refractivity contribution in [1.82, 2.24) is 10.2 Å². The summed E-state index contributed by atoms with van der Waals surface area (Å²) < 4.78 is 0.818. The van der Waals surface area contributed by atoms with E-state index in [9.17, 15) is 4.79 Å². The summed E-state index contributed by atoms with van der Waals surface area (Å²) in [6, 6.07) is 15.7. The molecule has 2 heterocycles. The molecular weight excluding hydrogens is 380 g/mol. The fraction of sp³-hybridized carbons (Fsp3) is 0.0526. The van der Waals surface area contributed by atoms with Crippen molar-refractivity contribution >= 4 is 38.9 Å². The highest BCUT2D eigenvalue weighted by Crippen LogP contribution is 2.35. The zero-order chi connectivity index (χ0) is 17.4. The molecule has 0 aliphatic carbocycles. The Kier molecular flexibility index (Phi) is 3.89. The molecule has 1 aromatic heterocycles. The van der Waals surface area contributed by atoms with Gasteiger partial charge in [-0.05, 0) is 34.5 Å². The van der Waals surface area contributed by atoms with Crippen LogP contribution in [0.15, 0.2) is 59.2 Å². The van der Waals surface area contributed by atoms with Crippen LogP contribution in [0.1, 0.15) is 11.1 Å². The summed E-state index contributed by atoms with van der Waals surface area (Å²) in [5.74, 6) is 0.507. The van der Waals surface area contributed by atoms with Gasteiger partial charge >= 0.3 is 0 Å². The molecule has 0 bridgehead atoms. The molecule has 0 atom stereocenters. The van der Waals surface area contributed by atoms with E-state index in [1.165, 1.54) is 0 Å². The SMILES string of the molecule is Cc1cccc2c1/C(=C\Nc1n[nH]c(-c3ccccc3)c1Br)C(=O)N2. The second kappa shape index (κ2) is 6.22. The number of rotatable bonds is 3. The number of aromatic amines is 1. The monoisotopic (exact) mass is 394 g/mol. The molecule has 4 rings (SSSR count). The van der Waals surface area contributed by atoms with Crippen molar-refractivity contribution in [2.45, 2.75) is 6.92 Å². The van der Waals surface area contributed by atoms with Gasteiger partial charge in [-0.2, -0.15) is 5.10 Å². The summed E-state index contributed by atoms with van der Waals surface area (Å²) in [6.07, 6.45) is 1.70. The minimum atomic E-state index is -0.119. The Labute approximate surface area is 153 Å². The zero-order valence-corrected chi connectivity index (χ0v) is 15.0. The number of halogens is 1. The molecular formula is C19H15BrN4O. The number of amides is 1. The van der Waals surface area contributed by atoms with E-state index < -0.39 is 0 Å².